The molecule has 19 heteroatoms. The molecule has 0 atom stereocenters. The first-order valence-electron chi connectivity index (χ1n) is 27.3. The zero-order valence-electron chi connectivity index (χ0n) is 49.5. The normalized spacial score (nSPS) is 10.6. The van der Waals surface area contributed by atoms with Gasteiger partial charge in [-0.2, -0.15) is 0 Å². The number of hydrogen-bond donors (Lipinski definition) is 6. The van der Waals surface area contributed by atoms with Crippen molar-refractivity contribution in [2.45, 2.75) is 78.8 Å². The number of aliphatic hydroxyl groups is 1. The fourth-order valence-corrected chi connectivity index (χ4v) is 7.76. The molecule has 19 nitrogen and oxygen atoms in total. The number of aromatic hydroxyl groups is 1. The number of para-hydroxylation sites is 2. The Morgan fingerprint density at radius 1 is 0.414 bits per heavy atom. The number of carbonyl (C=O) groups is 6. The Kier molecular flexibility index (Phi) is 24.0. The molecule has 452 valence electrons. The summed E-state index contributed by atoms with van der Waals surface area (Å²) >= 11 is 0. The molecule has 0 saturated carbocycles. The molecule has 87 heavy (non-hydrogen) atoms. The number of amides is 4. The third-order valence-corrected chi connectivity index (χ3v) is 11.7. The minimum atomic E-state index is -0.579. The van der Waals surface area contributed by atoms with Crippen molar-refractivity contribution in [1.82, 2.24) is 0 Å². The highest BCUT2D eigenvalue weighted by atomic mass is 16.6. The molecule has 0 saturated heterocycles. The first-order chi connectivity index (χ1) is 41.5. The molecular weight excluding hydrogens is 1110 g/mol. The summed E-state index contributed by atoms with van der Waals surface area (Å²) < 4.78 is 37.4. The van der Waals surface area contributed by atoms with Crippen molar-refractivity contribution >= 4 is 58.7 Å². The molecule has 4 amide bonds. The predicted octanol–water partition coefficient (Wildman–Crippen LogP) is 14.1. The molecule has 8 aromatic rings. The van der Waals surface area contributed by atoms with Gasteiger partial charge in [0.1, 0.15) is 52.3 Å². The Morgan fingerprint density at radius 2 is 0.782 bits per heavy atom. The van der Waals surface area contributed by atoms with E-state index in [1.807, 2.05) is 63.2 Å². The van der Waals surface area contributed by atoms with Crippen LogP contribution in [0.3, 0.4) is 0 Å². The lowest BCUT2D eigenvalue weighted by atomic mass is 10.1. The first-order valence-corrected chi connectivity index (χ1v) is 27.3. The zero-order valence-corrected chi connectivity index (χ0v) is 49.5. The molecule has 0 unspecified atom stereocenters. The summed E-state index contributed by atoms with van der Waals surface area (Å²) in [7, 11) is 2.59. The number of rotatable bonds is 18. The molecule has 8 aromatic carbocycles. The maximum atomic E-state index is 12.6. The summed E-state index contributed by atoms with van der Waals surface area (Å²) in [5.74, 6) is 1.76. The zero-order chi connectivity index (χ0) is 62.9. The van der Waals surface area contributed by atoms with E-state index in [0.717, 1.165) is 22.3 Å². The number of nitrogens with one attached hydrogen (secondary N) is 4. The molecule has 0 spiro atoms. The van der Waals surface area contributed by atoms with Gasteiger partial charge in [-0.05, 0) is 185 Å². The van der Waals surface area contributed by atoms with Crippen molar-refractivity contribution in [2.24, 2.45) is 0 Å². The molecule has 0 aromatic heterocycles. The van der Waals surface area contributed by atoms with Gasteiger partial charge in [-0.1, -0.05) is 72.8 Å². The largest absolute Gasteiger partial charge is 0.508 e. The van der Waals surface area contributed by atoms with Gasteiger partial charge in [0.25, 0.3) is 0 Å². The molecule has 6 N–H and O–H groups in total. The van der Waals surface area contributed by atoms with E-state index in [4.69, 9.17) is 38.3 Å². The third kappa shape index (κ3) is 23.1. The standard InChI is InChI=1S/C34H34N2O7.C22H19NO5.C12H17NO3/c1-34(2,3)43-33(39)35-25-9-7-8-24(20-25)22-41-26-16-18-28(19-17-26)42-27-14-12-23(13-15-27)21-31(37)36-30-11-6-5-10-29(30)32(38)40-4;1-27-22(26)19-4-2-3-5-20(19)23-21(25)14-15-6-10-17(11-7-15)28-18-12-8-16(24)9-13-18;1-12(2,3)16-11(15)13-10-6-4-5-9(7-10)8-14/h5-20H,21-22H2,1-4H3,(H,35,39)(H,36,37);2-13,24H,14H2,1H3,(H,23,25);4-7,14H,8H2,1-3H3,(H,13,15). The van der Waals surface area contributed by atoms with Crippen LogP contribution >= 0.6 is 0 Å². The Labute approximate surface area is 505 Å². The molecule has 0 heterocycles. The van der Waals surface area contributed by atoms with E-state index in [2.05, 4.69) is 21.3 Å². The van der Waals surface area contributed by atoms with Gasteiger partial charge in [0, 0.05) is 11.4 Å². The van der Waals surface area contributed by atoms with Crippen LogP contribution in [0.4, 0.5) is 32.3 Å². The number of carbonyl (C=O) groups excluding carboxylic acids is 6. The highest BCUT2D eigenvalue weighted by molar-refractivity contribution is 6.02. The highest BCUT2D eigenvalue weighted by Gasteiger charge is 2.19. The number of phenolic OH excluding ortho intramolecular Hbond substituents is 1. The van der Waals surface area contributed by atoms with E-state index in [1.54, 1.807) is 172 Å². The minimum Gasteiger partial charge on any atom is -0.508 e. The van der Waals surface area contributed by atoms with Crippen LogP contribution in [0.25, 0.3) is 0 Å². The molecule has 0 aliphatic carbocycles. The van der Waals surface area contributed by atoms with E-state index in [-0.39, 0.29) is 37.0 Å². The molecule has 0 fully saturated rings. The number of methoxy groups -OCH3 is 2. The first kappa shape index (κ1) is 65.5. The van der Waals surface area contributed by atoms with Gasteiger partial charge < -0.3 is 54.0 Å². The third-order valence-electron chi connectivity index (χ3n) is 11.7. The van der Waals surface area contributed by atoms with Gasteiger partial charge >= 0.3 is 24.1 Å². The van der Waals surface area contributed by atoms with Crippen LogP contribution in [0.15, 0.2) is 194 Å². The summed E-state index contributed by atoms with van der Waals surface area (Å²) in [5.41, 5.74) is 4.75. The molecule has 0 aliphatic heterocycles. The van der Waals surface area contributed by atoms with Crippen molar-refractivity contribution in [3.05, 3.63) is 228 Å². The number of aliphatic hydroxyl groups excluding tert-OH is 1. The molecule has 8 rings (SSSR count). The second-order valence-corrected chi connectivity index (χ2v) is 21.1. The van der Waals surface area contributed by atoms with Crippen molar-refractivity contribution < 1.29 is 72.1 Å². The summed E-state index contributed by atoms with van der Waals surface area (Å²) in [6.45, 7) is 11.1. The molecule has 0 bridgehead atoms. The number of esters is 2. The second kappa shape index (κ2) is 31.8. The average Bonchev–Trinajstić information content (AvgIpc) is 3.67. The van der Waals surface area contributed by atoms with Crippen LogP contribution in [-0.4, -0.2) is 71.6 Å². The van der Waals surface area contributed by atoms with Crippen LogP contribution in [0, 0.1) is 0 Å². The fourth-order valence-electron chi connectivity index (χ4n) is 7.76. The Hall–Kier alpha value is -10.7. The van der Waals surface area contributed by atoms with Crippen LogP contribution < -0.4 is 35.5 Å². The van der Waals surface area contributed by atoms with Gasteiger partial charge in [0.2, 0.25) is 11.8 Å². The topological polar surface area (TPSA) is 256 Å². The molecule has 0 aliphatic rings. The van der Waals surface area contributed by atoms with E-state index in [0.29, 0.717) is 69.2 Å². The van der Waals surface area contributed by atoms with Crippen LogP contribution in [0.5, 0.6) is 34.5 Å². The van der Waals surface area contributed by atoms with Gasteiger partial charge in [0.15, 0.2) is 0 Å². The number of phenols is 1. The van der Waals surface area contributed by atoms with Crippen molar-refractivity contribution in [3.8, 4) is 34.5 Å². The highest BCUT2D eigenvalue weighted by Crippen LogP contribution is 2.28. The average molecular weight is 1180 g/mol. The SMILES string of the molecule is CC(C)(C)OC(=O)Nc1cccc(CO)c1.COC(=O)c1ccccc1NC(=O)Cc1ccc(Oc2ccc(O)cc2)cc1.COC(=O)c1ccccc1NC(=O)Cc1ccc(Oc2ccc(OCc3cccc(NC(=O)OC(C)(C)C)c3)cc2)cc1. The van der Waals surface area contributed by atoms with E-state index in [1.165, 1.54) is 14.2 Å². The van der Waals surface area contributed by atoms with Crippen LogP contribution in [-0.2, 0) is 54.6 Å². The lowest BCUT2D eigenvalue weighted by molar-refractivity contribution is -0.116. The van der Waals surface area contributed by atoms with Crippen LogP contribution in [0.2, 0.25) is 0 Å². The van der Waals surface area contributed by atoms with Gasteiger partial charge in [-0.25, -0.2) is 19.2 Å². The van der Waals surface area contributed by atoms with Crippen molar-refractivity contribution in [3.63, 3.8) is 0 Å². The fraction of sp³-hybridized carbons (Fsp3) is 0.206. The Bertz CT molecular complexity index is 3580. The van der Waals surface area contributed by atoms with E-state index in [9.17, 15) is 33.9 Å². The summed E-state index contributed by atoms with van der Waals surface area (Å²) in [4.78, 5) is 72.1. The van der Waals surface area contributed by atoms with Crippen LogP contribution in [0.1, 0.15) is 84.5 Å². The van der Waals surface area contributed by atoms with E-state index >= 15 is 0 Å². The Balaban J connectivity index is 0.000000234. The molecule has 0 radical (unpaired) electrons. The van der Waals surface area contributed by atoms with Gasteiger partial charge in [-0.3, -0.25) is 20.2 Å². The summed E-state index contributed by atoms with van der Waals surface area (Å²) in [6.07, 6.45) is -0.737. The number of anilines is 4. The Morgan fingerprint density at radius 3 is 1.18 bits per heavy atom. The second-order valence-electron chi connectivity index (χ2n) is 21.1. The quantitative estimate of drug-likeness (QED) is 0.0345. The smallest absolute Gasteiger partial charge is 0.412 e. The lowest BCUT2D eigenvalue weighted by Gasteiger charge is -2.19. The van der Waals surface area contributed by atoms with Gasteiger partial charge in [0.05, 0.1) is 56.2 Å². The van der Waals surface area contributed by atoms with Crippen molar-refractivity contribution in [1.29, 1.82) is 0 Å². The van der Waals surface area contributed by atoms with Crippen molar-refractivity contribution in [2.75, 3.05) is 35.5 Å². The summed E-state index contributed by atoms with van der Waals surface area (Å²) in [5, 5.41) is 29.1. The maximum Gasteiger partial charge on any atom is 0.412 e. The number of ether oxygens (including phenoxy) is 7. The maximum absolute atomic E-state index is 12.6. The predicted molar refractivity (Wildman–Crippen MR) is 331 cm³/mol. The molecular formula is C68H70N4O15. The van der Waals surface area contributed by atoms with E-state index < -0.39 is 35.3 Å². The minimum absolute atomic E-state index is 0.0517. The summed E-state index contributed by atoms with van der Waals surface area (Å²) in [6, 6.07) is 55.6. The van der Waals surface area contributed by atoms with Gasteiger partial charge in [-0.15, -0.1) is 0 Å². The lowest BCUT2D eigenvalue weighted by Crippen LogP contribution is -2.27. The monoisotopic (exact) mass is 1180 g/mol. The number of hydrogen-bond acceptors (Lipinski definition) is 15. The number of benzene rings is 8.